The number of nitrogens with one attached hydrogen (secondary N) is 1. The van der Waals surface area contributed by atoms with Crippen LogP contribution in [0.4, 0.5) is 4.79 Å². The maximum absolute atomic E-state index is 11.5. The normalized spacial score (nSPS) is 34.2. The molecule has 1 amide bonds. The molecule has 0 aliphatic carbocycles. The average Bonchev–Trinajstić information content (AvgIpc) is 2.60. The highest BCUT2D eigenvalue weighted by molar-refractivity contribution is 5.68. The monoisotopic (exact) mass is 213 g/mol. The van der Waals surface area contributed by atoms with Crippen LogP contribution in [-0.2, 0) is 9.47 Å². The summed E-state index contributed by atoms with van der Waals surface area (Å²) in [6.45, 7) is 5.59. The standard InChI is InChI=1S/C11H19NO3/c1-11(2,3)15-10(13)12-8-6-7-4-5-9(8)14-7/h7-9H,4-6H2,1-3H3,(H,12,13)/t7-,8+,9+/m0/s1. The first-order valence-electron chi connectivity index (χ1n) is 5.59. The highest BCUT2D eigenvalue weighted by atomic mass is 16.6. The summed E-state index contributed by atoms with van der Waals surface area (Å²) >= 11 is 0. The van der Waals surface area contributed by atoms with Crippen molar-refractivity contribution in [2.24, 2.45) is 0 Å². The Hall–Kier alpha value is -0.770. The van der Waals surface area contributed by atoms with Crippen molar-refractivity contribution < 1.29 is 14.3 Å². The Morgan fingerprint density at radius 1 is 1.40 bits per heavy atom. The van der Waals surface area contributed by atoms with Crippen molar-refractivity contribution in [2.75, 3.05) is 0 Å². The fraction of sp³-hybridized carbons (Fsp3) is 0.909. The molecular formula is C11H19NO3. The molecular weight excluding hydrogens is 194 g/mol. The number of carbonyl (C=O) groups is 1. The van der Waals surface area contributed by atoms with E-state index in [1.165, 1.54) is 0 Å². The smallest absolute Gasteiger partial charge is 0.407 e. The highest BCUT2D eigenvalue weighted by Crippen LogP contribution is 2.34. The van der Waals surface area contributed by atoms with Gasteiger partial charge in [0.2, 0.25) is 0 Å². The van der Waals surface area contributed by atoms with Crippen LogP contribution in [0, 0.1) is 0 Å². The fourth-order valence-corrected chi connectivity index (χ4v) is 2.25. The molecule has 15 heavy (non-hydrogen) atoms. The van der Waals surface area contributed by atoms with Crippen molar-refractivity contribution in [3.63, 3.8) is 0 Å². The minimum Gasteiger partial charge on any atom is -0.444 e. The third-order valence-electron chi connectivity index (χ3n) is 2.81. The molecule has 4 heteroatoms. The van der Waals surface area contributed by atoms with Crippen LogP contribution >= 0.6 is 0 Å². The van der Waals surface area contributed by atoms with Crippen molar-refractivity contribution in [2.45, 2.75) is 63.9 Å². The number of carbonyl (C=O) groups excluding carboxylic acids is 1. The van der Waals surface area contributed by atoms with Crippen LogP contribution in [-0.4, -0.2) is 29.9 Å². The van der Waals surface area contributed by atoms with Crippen molar-refractivity contribution in [1.29, 1.82) is 0 Å². The Bertz CT molecular complexity index is 259. The SMILES string of the molecule is CC(C)(C)OC(=O)N[C@@H]1C[C@@H]2CC[C@H]1O2. The van der Waals surface area contributed by atoms with E-state index in [1.54, 1.807) is 0 Å². The zero-order valence-electron chi connectivity index (χ0n) is 9.58. The van der Waals surface area contributed by atoms with Gasteiger partial charge in [0.25, 0.3) is 0 Å². The van der Waals surface area contributed by atoms with Crippen molar-refractivity contribution in [3.05, 3.63) is 0 Å². The van der Waals surface area contributed by atoms with E-state index in [-0.39, 0.29) is 18.2 Å². The summed E-state index contributed by atoms with van der Waals surface area (Å²) in [4.78, 5) is 11.5. The fourth-order valence-electron chi connectivity index (χ4n) is 2.25. The lowest BCUT2D eigenvalue weighted by Crippen LogP contribution is -2.43. The van der Waals surface area contributed by atoms with Crippen LogP contribution in [0.3, 0.4) is 0 Å². The summed E-state index contributed by atoms with van der Waals surface area (Å²) in [6, 6.07) is 0.151. The van der Waals surface area contributed by atoms with Crippen LogP contribution in [0.1, 0.15) is 40.0 Å². The number of alkyl carbamates (subject to hydrolysis) is 1. The summed E-state index contributed by atoms with van der Waals surface area (Å²) in [6.07, 6.45) is 3.37. The van der Waals surface area contributed by atoms with E-state index in [2.05, 4.69) is 5.32 Å². The second-order valence-corrected chi connectivity index (χ2v) is 5.36. The number of rotatable bonds is 1. The number of hydrogen-bond acceptors (Lipinski definition) is 3. The molecule has 0 spiro atoms. The van der Waals surface area contributed by atoms with Gasteiger partial charge in [0.05, 0.1) is 18.2 Å². The van der Waals surface area contributed by atoms with Gasteiger partial charge in [0.1, 0.15) is 5.60 Å². The van der Waals surface area contributed by atoms with E-state index in [9.17, 15) is 4.79 Å². The average molecular weight is 213 g/mol. The molecule has 0 aromatic heterocycles. The molecule has 3 atom stereocenters. The van der Waals surface area contributed by atoms with E-state index in [0.29, 0.717) is 6.10 Å². The summed E-state index contributed by atoms with van der Waals surface area (Å²) in [5.41, 5.74) is -0.428. The third kappa shape index (κ3) is 2.62. The van der Waals surface area contributed by atoms with Crippen molar-refractivity contribution >= 4 is 6.09 Å². The molecule has 2 aliphatic heterocycles. The van der Waals surface area contributed by atoms with Gasteiger partial charge in [-0.15, -0.1) is 0 Å². The molecule has 0 aromatic carbocycles. The molecule has 86 valence electrons. The van der Waals surface area contributed by atoms with E-state index in [1.807, 2.05) is 20.8 Å². The van der Waals surface area contributed by atoms with Crippen LogP contribution in [0.15, 0.2) is 0 Å². The number of amides is 1. The molecule has 2 heterocycles. The molecule has 2 saturated heterocycles. The second-order valence-electron chi connectivity index (χ2n) is 5.36. The van der Waals surface area contributed by atoms with Gasteiger partial charge in [-0.1, -0.05) is 0 Å². The summed E-state index contributed by atoms with van der Waals surface area (Å²) in [5, 5.41) is 2.88. The molecule has 1 N–H and O–H groups in total. The minimum atomic E-state index is -0.428. The highest BCUT2D eigenvalue weighted by Gasteiger charge is 2.41. The van der Waals surface area contributed by atoms with Gasteiger partial charge in [0.15, 0.2) is 0 Å². The minimum absolute atomic E-state index is 0.151. The zero-order chi connectivity index (χ0) is 11.1. The van der Waals surface area contributed by atoms with Crippen LogP contribution in [0.25, 0.3) is 0 Å². The summed E-state index contributed by atoms with van der Waals surface area (Å²) < 4.78 is 10.8. The number of fused-ring (bicyclic) bond motifs is 2. The third-order valence-corrected chi connectivity index (χ3v) is 2.81. The summed E-state index contributed by atoms with van der Waals surface area (Å²) in [5.74, 6) is 0. The topological polar surface area (TPSA) is 47.6 Å². The second kappa shape index (κ2) is 3.67. The van der Waals surface area contributed by atoms with E-state index in [0.717, 1.165) is 19.3 Å². The predicted molar refractivity (Wildman–Crippen MR) is 55.7 cm³/mol. The lowest BCUT2D eigenvalue weighted by molar-refractivity contribution is 0.0461. The maximum atomic E-state index is 11.5. The van der Waals surface area contributed by atoms with Gasteiger partial charge in [0, 0.05) is 0 Å². The molecule has 2 rings (SSSR count). The Kier molecular flexibility index (Phi) is 2.63. The van der Waals surface area contributed by atoms with Crippen LogP contribution < -0.4 is 5.32 Å². The Morgan fingerprint density at radius 2 is 2.13 bits per heavy atom. The first-order chi connectivity index (χ1) is 6.94. The molecule has 4 nitrogen and oxygen atoms in total. The molecule has 0 unspecified atom stereocenters. The lowest BCUT2D eigenvalue weighted by atomic mass is 9.96. The van der Waals surface area contributed by atoms with Gasteiger partial charge < -0.3 is 14.8 Å². The van der Waals surface area contributed by atoms with Gasteiger partial charge >= 0.3 is 6.09 Å². The first kappa shape index (κ1) is 10.7. The van der Waals surface area contributed by atoms with Crippen LogP contribution in [0.2, 0.25) is 0 Å². The van der Waals surface area contributed by atoms with Crippen molar-refractivity contribution in [1.82, 2.24) is 5.32 Å². The Morgan fingerprint density at radius 3 is 2.60 bits per heavy atom. The molecule has 0 radical (unpaired) electrons. The molecule has 2 fully saturated rings. The van der Waals surface area contributed by atoms with Crippen molar-refractivity contribution in [3.8, 4) is 0 Å². The number of ether oxygens (including phenoxy) is 2. The largest absolute Gasteiger partial charge is 0.444 e. The van der Waals surface area contributed by atoms with Crippen LogP contribution in [0.5, 0.6) is 0 Å². The summed E-state index contributed by atoms with van der Waals surface area (Å²) in [7, 11) is 0. The quantitative estimate of drug-likeness (QED) is 0.723. The number of hydrogen-bond donors (Lipinski definition) is 1. The van der Waals surface area contributed by atoms with Gasteiger partial charge in [-0.05, 0) is 40.0 Å². The Labute approximate surface area is 90.3 Å². The van der Waals surface area contributed by atoms with E-state index < -0.39 is 5.60 Å². The zero-order valence-corrected chi connectivity index (χ0v) is 9.58. The molecule has 0 saturated carbocycles. The van der Waals surface area contributed by atoms with Gasteiger partial charge in [-0.3, -0.25) is 0 Å². The predicted octanol–water partition coefficient (Wildman–Crippen LogP) is 1.83. The maximum Gasteiger partial charge on any atom is 0.407 e. The van der Waals surface area contributed by atoms with E-state index >= 15 is 0 Å². The molecule has 2 aliphatic rings. The molecule has 0 aromatic rings. The van der Waals surface area contributed by atoms with E-state index in [4.69, 9.17) is 9.47 Å². The van der Waals surface area contributed by atoms with Gasteiger partial charge in [-0.2, -0.15) is 0 Å². The Balaban J connectivity index is 1.80. The van der Waals surface area contributed by atoms with Gasteiger partial charge in [-0.25, -0.2) is 4.79 Å². The lowest BCUT2D eigenvalue weighted by Gasteiger charge is -2.24. The molecule has 2 bridgehead atoms. The first-order valence-corrected chi connectivity index (χ1v) is 5.59.